The Hall–Kier alpha value is -1.82. The molecular weight excluding hydrogens is 367 g/mol. The average Bonchev–Trinajstić information content (AvgIpc) is 2.39. The Morgan fingerprint density at radius 3 is 2.75 bits per heavy atom. The van der Waals surface area contributed by atoms with Gasteiger partial charge < -0.3 is 9.84 Å². The Kier molecular flexibility index (Phi) is 4.79. The largest absolute Gasteiger partial charge is 0.478 e. The average molecular weight is 380 g/mol. The van der Waals surface area contributed by atoms with Gasteiger partial charge in [-0.05, 0) is 71.0 Å². The molecule has 0 spiro atoms. The van der Waals surface area contributed by atoms with Crippen LogP contribution < -0.4 is 4.74 Å². The fourth-order valence-corrected chi connectivity index (χ4v) is 2.17. The van der Waals surface area contributed by atoms with E-state index in [-0.39, 0.29) is 0 Å². The van der Waals surface area contributed by atoms with E-state index in [1.54, 1.807) is 6.08 Å². The van der Waals surface area contributed by atoms with Crippen LogP contribution in [0.15, 0.2) is 48.5 Å². The van der Waals surface area contributed by atoms with Crippen molar-refractivity contribution in [3.63, 3.8) is 0 Å². The maximum atomic E-state index is 10.5. The van der Waals surface area contributed by atoms with Gasteiger partial charge in [0.25, 0.3) is 0 Å². The molecule has 2 aromatic rings. The van der Waals surface area contributed by atoms with Crippen LogP contribution in [-0.2, 0) is 4.79 Å². The second-order valence-electron chi connectivity index (χ2n) is 4.26. The highest BCUT2D eigenvalue weighted by molar-refractivity contribution is 14.1. The minimum Gasteiger partial charge on any atom is -0.478 e. The molecule has 0 saturated carbocycles. The standard InChI is InChI=1S/C16H13IO3/c1-11-5-6-12(7-8-16(18)19)9-15(11)20-14-4-2-3-13(17)10-14/h2-10H,1H3,(H,18,19)/b8-7+. The van der Waals surface area contributed by atoms with Crippen LogP contribution in [0.4, 0.5) is 0 Å². The first-order valence-electron chi connectivity index (χ1n) is 6.00. The van der Waals surface area contributed by atoms with Gasteiger partial charge >= 0.3 is 5.97 Å². The Morgan fingerprint density at radius 2 is 2.05 bits per heavy atom. The molecule has 2 rings (SSSR count). The van der Waals surface area contributed by atoms with E-state index in [9.17, 15) is 4.79 Å². The number of aryl methyl sites for hydroxylation is 1. The van der Waals surface area contributed by atoms with E-state index in [1.807, 2.05) is 49.4 Å². The third-order valence-electron chi connectivity index (χ3n) is 2.65. The Balaban J connectivity index is 2.27. The predicted molar refractivity (Wildman–Crippen MR) is 87.1 cm³/mol. The molecule has 0 bridgehead atoms. The summed E-state index contributed by atoms with van der Waals surface area (Å²) in [6.45, 7) is 1.95. The molecule has 102 valence electrons. The molecule has 0 aliphatic carbocycles. The zero-order valence-electron chi connectivity index (χ0n) is 10.8. The van der Waals surface area contributed by atoms with Gasteiger partial charge in [-0.3, -0.25) is 0 Å². The van der Waals surface area contributed by atoms with Crippen molar-refractivity contribution in [1.82, 2.24) is 0 Å². The van der Waals surface area contributed by atoms with Gasteiger partial charge in [-0.1, -0.05) is 18.2 Å². The van der Waals surface area contributed by atoms with Gasteiger partial charge in [-0.15, -0.1) is 0 Å². The highest BCUT2D eigenvalue weighted by Crippen LogP contribution is 2.27. The van der Waals surface area contributed by atoms with Crippen LogP contribution in [0.5, 0.6) is 11.5 Å². The molecule has 2 aromatic carbocycles. The van der Waals surface area contributed by atoms with E-state index in [1.165, 1.54) is 0 Å². The second kappa shape index (κ2) is 6.56. The lowest BCUT2D eigenvalue weighted by Crippen LogP contribution is -1.90. The number of benzene rings is 2. The molecular formula is C16H13IO3. The Bertz CT molecular complexity index is 663. The zero-order chi connectivity index (χ0) is 14.5. The molecule has 0 unspecified atom stereocenters. The molecule has 3 nitrogen and oxygen atoms in total. The van der Waals surface area contributed by atoms with Crippen LogP contribution in [0.25, 0.3) is 6.08 Å². The SMILES string of the molecule is Cc1ccc(/C=C/C(=O)O)cc1Oc1cccc(I)c1. The third kappa shape index (κ3) is 4.09. The number of aliphatic carboxylic acids is 1. The highest BCUT2D eigenvalue weighted by Gasteiger charge is 2.03. The number of ether oxygens (including phenoxy) is 1. The molecule has 0 atom stereocenters. The number of hydrogen-bond acceptors (Lipinski definition) is 2. The minimum absolute atomic E-state index is 0.722. The molecule has 0 saturated heterocycles. The molecule has 4 heteroatoms. The van der Waals surface area contributed by atoms with E-state index in [0.29, 0.717) is 0 Å². The van der Waals surface area contributed by atoms with Crippen molar-refractivity contribution in [2.45, 2.75) is 6.92 Å². The van der Waals surface area contributed by atoms with Gasteiger partial charge in [-0.2, -0.15) is 0 Å². The van der Waals surface area contributed by atoms with Gasteiger partial charge in [0, 0.05) is 9.65 Å². The van der Waals surface area contributed by atoms with Crippen molar-refractivity contribution in [2.24, 2.45) is 0 Å². The van der Waals surface area contributed by atoms with Crippen molar-refractivity contribution in [2.75, 3.05) is 0 Å². The molecule has 0 heterocycles. The van der Waals surface area contributed by atoms with Crippen LogP contribution in [0.3, 0.4) is 0 Å². The summed E-state index contributed by atoms with van der Waals surface area (Å²) < 4.78 is 6.95. The molecule has 1 N–H and O–H groups in total. The molecule has 0 aromatic heterocycles. The summed E-state index contributed by atoms with van der Waals surface area (Å²) in [6.07, 6.45) is 2.66. The lowest BCUT2D eigenvalue weighted by molar-refractivity contribution is -0.131. The van der Waals surface area contributed by atoms with E-state index >= 15 is 0 Å². The maximum Gasteiger partial charge on any atom is 0.328 e. The summed E-state index contributed by atoms with van der Waals surface area (Å²) >= 11 is 2.23. The van der Waals surface area contributed by atoms with E-state index in [2.05, 4.69) is 22.6 Å². The highest BCUT2D eigenvalue weighted by atomic mass is 127. The van der Waals surface area contributed by atoms with Gasteiger partial charge in [0.2, 0.25) is 0 Å². The van der Waals surface area contributed by atoms with Crippen molar-refractivity contribution in [3.05, 3.63) is 63.2 Å². The van der Waals surface area contributed by atoms with E-state index in [4.69, 9.17) is 9.84 Å². The smallest absolute Gasteiger partial charge is 0.328 e. The van der Waals surface area contributed by atoms with Crippen molar-refractivity contribution >= 4 is 34.6 Å². The zero-order valence-corrected chi connectivity index (χ0v) is 13.0. The summed E-state index contributed by atoms with van der Waals surface area (Å²) in [6, 6.07) is 13.4. The quantitative estimate of drug-likeness (QED) is 0.628. The van der Waals surface area contributed by atoms with Crippen molar-refractivity contribution in [1.29, 1.82) is 0 Å². The number of rotatable bonds is 4. The van der Waals surface area contributed by atoms with Crippen LogP contribution in [-0.4, -0.2) is 11.1 Å². The summed E-state index contributed by atoms with van der Waals surface area (Å²) in [5, 5.41) is 8.65. The van der Waals surface area contributed by atoms with Gasteiger partial charge in [-0.25, -0.2) is 4.79 Å². The monoisotopic (exact) mass is 380 g/mol. The van der Waals surface area contributed by atoms with Gasteiger partial charge in [0.05, 0.1) is 0 Å². The first-order chi connectivity index (χ1) is 9.54. The molecule has 0 fully saturated rings. The van der Waals surface area contributed by atoms with Crippen molar-refractivity contribution in [3.8, 4) is 11.5 Å². The number of halogens is 1. The molecule has 0 aliphatic rings. The number of carboxylic acid groups (broad SMARTS) is 1. The lowest BCUT2D eigenvalue weighted by atomic mass is 10.1. The van der Waals surface area contributed by atoms with Gasteiger partial charge in [0.1, 0.15) is 11.5 Å². The van der Waals surface area contributed by atoms with Crippen LogP contribution in [0.1, 0.15) is 11.1 Å². The second-order valence-corrected chi connectivity index (χ2v) is 5.50. The summed E-state index contributed by atoms with van der Waals surface area (Å²) in [5.41, 5.74) is 1.79. The first-order valence-corrected chi connectivity index (χ1v) is 7.07. The van der Waals surface area contributed by atoms with E-state index in [0.717, 1.165) is 32.3 Å². The summed E-state index contributed by atoms with van der Waals surface area (Å²) in [4.78, 5) is 10.5. The van der Waals surface area contributed by atoms with Crippen LogP contribution in [0.2, 0.25) is 0 Å². The molecule has 0 radical (unpaired) electrons. The molecule has 20 heavy (non-hydrogen) atoms. The Morgan fingerprint density at radius 1 is 1.25 bits per heavy atom. The normalized spacial score (nSPS) is 10.7. The fourth-order valence-electron chi connectivity index (χ4n) is 1.66. The van der Waals surface area contributed by atoms with Gasteiger partial charge in [0.15, 0.2) is 0 Å². The molecule has 0 aliphatic heterocycles. The predicted octanol–water partition coefficient (Wildman–Crippen LogP) is 4.49. The third-order valence-corrected chi connectivity index (χ3v) is 3.33. The number of hydrogen-bond donors (Lipinski definition) is 1. The maximum absolute atomic E-state index is 10.5. The topological polar surface area (TPSA) is 46.5 Å². The number of carbonyl (C=O) groups is 1. The molecule has 0 amide bonds. The first kappa shape index (κ1) is 14.6. The van der Waals surface area contributed by atoms with Crippen LogP contribution >= 0.6 is 22.6 Å². The fraction of sp³-hybridized carbons (Fsp3) is 0.0625. The Labute approximate surface area is 131 Å². The lowest BCUT2D eigenvalue weighted by Gasteiger charge is -2.09. The van der Waals surface area contributed by atoms with Crippen molar-refractivity contribution < 1.29 is 14.6 Å². The van der Waals surface area contributed by atoms with E-state index < -0.39 is 5.97 Å². The minimum atomic E-state index is -0.967. The van der Waals surface area contributed by atoms with Crippen LogP contribution in [0, 0.1) is 10.5 Å². The summed E-state index contributed by atoms with van der Waals surface area (Å²) in [7, 11) is 0. The number of carboxylic acids is 1. The summed E-state index contributed by atoms with van der Waals surface area (Å²) in [5.74, 6) is 0.518.